The largest absolute Gasteiger partial charge is 0.497 e. The minimum atomic E-state index is -1.49. The van der Waals surface area contributed by atoms with Crippen LogP contribution in [0.25, 0.3) is 0 Å². The van der Waals surface area contributed by atoms with Gasteiger partial charge < -0.3 is 28.0 Å². The molecular weight excluding hydrogens is 669 g/mol. The van der Waals surface area contributed by atoms with E-state index in [1.165, 1.54) is 0 Å². The second kappa shape index (κ2) is 17.3. The Morgan fingerprint density at radius 1 is 0.882 bits per heavy atom. The van der Waals surface area contributed by atoms with Crippen LogP contribution in [0, 0.1) is 5.92 Å². The van der Waals surface area contributed by atoms with Crippen LogP contribution in [-0.4, -0.2) is 86.0 Å². The van der Waals surface area contributed by atoms with Crippen LogP contribution >= 0.6 is 8.53 Å². The fraction of sp³-hybridized carbons (Fsp3) is 0.487. The molecule has 276 valence electrons. The maximum absolute atomic E-state index is 13.1. The maximum Gasteiger partial charge on any atom is 0.326 e. The number of urea groups is 1. The van der Waals surface area contributed by atoms with Crippen LogP contribution in [0.4, 0.5) is 4.79 Å². The van der Waals surface area contributed by atoms with E-state index in [1.807, 2.05) is 73.7 Å². The van der Waals surface area contributed by atoms with E-state index in [0.717, 1.165) is 28.2 Å². The van der Waals surface area contributed by atoms with Crippen LogP contribution in [0.2, 0.25) is 0 Å². The van der Waals surface area contributed by atoms with Crippen LogP contribution < -0.4 is 14.8 Å². The molecule has 2 heterocycles. The first kappa shape index (κ1) is 38.7. The van der Waals surface area contributed by atoms with E-state index >= 15 is 0 Å². The number of hydrogen-bond acceptors (Lipinski definition) is 9. The minimum Gasteiger partial charge on any atom is -0.497 e. The van der Waals surface area contributed by atoms with Gasteiger partial charge in [-0.2, -0.15) is 0 Å². The molecule has 2 saturated heterocycles. The molecule has 12 heteroatoms. The zero-order chi connectivity index (χ0) is 36.7. The Bertz CT molecular complexity index is 1520. The number of carbonyl (C=O) groups is 2. The van der Waals surface area contributed by atoms with Crippen LogP contribution in [0.15, 0.2) is 78.9 Å². The van der Waals surface area contributed by atoms with Gasteiger partial charge in [0, 0.05) is 25.0 Å². The van der Waals surface area contributed by atoms with E-state index in [-0.39, 0.29) is 37.1 Å². The van der Waals surface area contributed by atoms with Crippen molar-refractivity contribution in [2.45, 2.75) is 84.1 Å². The van der Waals surface area contributed by atoms with Gasteiger partial charge in [-0.25, -0.2) is 9.46 Å². The lowest BCUT2D eigenvalue weighted by Gasteiger charge is -2.39. The van der Waals surface area contributed by atoms with Gasteiger partial charge in [-0.1, -0.05) is 61.5 Å². The molecule has 0 radical (unpaired) electrons. The summed E-state index contributed by atoms with van der Waals surface area (Å²) in [6.07, 6.45) is -1.35. The Balaban J connectivity index is 1.56. The lowest BCUT2D eigenvalue weighted by Crippen LogP contribution is -2.57. The number of methoxy groups -OCH3 is 2. The number of hydrogen-bond donors (Lipinski definition) is 1. The summed E-state index contributed by atoms with van der Waals surface area (Å²) >= 11 is 0. The van der Waals surface area contributed by atoms with Gasteiger partial charge in [0.05, 0.1) is 39.5 Å². The first-order chi connectivity index (χ1) is 24.5. The second-order valence-corrected chi connectivity index (χ2v) is 14.8. The zero-order valence-electron chi connectivity index (χ0n) is 30.9. The number of imide groups is 1. The number of carbonyl (C=O) groups excluding carboxylic acids is 2. The topological polar surface area (TPSA) is 108 Å². The van der Waals surface area contributed by atoms with E-state index in [4.69, 9.17) is 28.0 Å². The Kier molecular flexibility index (Phi) is 13.1. The summed E-state index contributed by atoms with van der Waals surface area (Å²) in [6, 6.07) is 25.6. The van der Waals surface area contributed by atoms with Gasteiger partial charge in [-0.05, 0) is 75.6 Å². The van der Waals surface area contributed by atoms with Gasteiger partial charge in [0.15, 0.2) is 0 Å². The number of amides is 3. The fourth-order valence-electron chi connectivity index (χ4n) is 6.80. The molecule has 3 aromatic carbocycles. The van der Waals surface area contributed by atoms with Crippen LogP contribution in [0.3, 0.4) is 0 Å². The number of benzene rings is 3. The Labute approximate surface area is 303 Å². The highest BCUT2D eigenvalue weighted by atomic mass is 31.2. The average molecular weight is 722 g/mol. The molecule has 0 saturated carbocycles. The van der Waals surface area contributed by atoms with E-state index in [1.54, 1.807) is 26.0 Å². The molecule has 2 aliphatic heterocycles. The summed E-state index contributed by atoms with van der Waals surface area (Å²) in [6.45, 7) is 13.1. The van der Waals surface area contributed by atoms with Gasteiger partial charge >= 0.3 is 6.03 Å². The lowest BCUT2D eigenvalue weighted by atomic mass is 9.80. The molecule has 5 rings (SSSR count). The normalized spacial score (nSPS) is 21.7. The Morgan fingerprint density at radius 3 is 1.94 bits per heavy atom. The molecular formula is C39H52N3O8P. The third-order valence-corrected chi connectivity index (χ3v) is 11.5. The predicted molar refractivity (Wildman–Crippen MR) is 196 cm³/mol. The molecule has 3 aromatic rings. The molecule has 11 nitrogen and oxygen atoms in total. The quantitative estimate of drug-likeness (QED) is 0.123. The lowest BCUT2D eigenvalue weighted by molar-refractivity contribution is -0.130. The molecule has 1 N–H and O–H groups in total. The van der Waals surface area contributed by atoms with Crippen molar-refractivity contribution >= 4 is 20.5 Å². The fourth-order valence-corrected chi connectivity index (χ4v) is 8.53. The average Bonchev–Trinajstić information content (AvgIpc) is 3.52. The first-order valence-corrected chi connectivity index (χ1v) is 18.8. The van der Waals surface area contributed by atoms with Crippen molar-refractivity contribution < 1.29 is 37.6 Å². The molecule has 51 heavy (non-hydrogen) atoms. The standard InChI is InChI=1S/C39H52N3O8P/c1-9-48-51(42(26(2)3)27(4)5)50-34-23-36(41-24-28(6)37(43)40-38(41)44)49-35(34)25-47-39(29-13-11-10-12-14-29,30-15-19-32(45-7)20-16-30)31-17-21-33(46-8)22-18-31/h10-22,26-28,34-36H,9,23-25H2,1-8H3,(H,40,43,44)/t28?,34-,35+,36+,51?/m0/s1. The third-order valence-electron chi connectivity index (χ3n) is 9.29. The molecule has 3 amide bonds. The molecule has 0 spiro atoms. The van der Waals surface area contributed by atoms with Crippen molar-refractivity contribution in [3.63, 3.8) is 0 Å². The molecule has 5 atom stereocenters. The van der Waals surface area contributed by atoms with E-state index in [2.05, 4.69) is 49.8 Å². The second-order valence-electron chi connectivity index (χ2n) is 13.4. The van der Waals surface area contributed by atoms with E-state index in [0.29, 0.717) is 13.0 Å². The van der Waals surface area contributed by atoms with Crippen molar-refractivity contribution in [2.24, 2.45) is 5.92 Å². The molecule has 2 fully saturated rings. The summed E-state index contributed by atoms with van der Waals surface area (Å²) in [7, 11) is 1.80. The van der Waals surface area contributed by atoms with E-state index in [9.17, 15) is 9.59 Å². The highest BCUT2D eigenvalue weighted by molar-refractivity contribution is 7.44. The number of nitrogens with zero attached hydrogens (tertiary/aromatic N) is 2. The smallest absolute Gasteiger partial charge is 0.326 e. The number of nitrogens with one attached hydrogen (secondary N) is 1. The monoisotopic (exact) mass is 721 g/mol. The highest BCUT2D eigenvalue weighted by Gasteiger charge is 2.47. The minimum absolute atomic E-state index is 0.108. The summed E-state index contributed by atoms with van der Waals surface area (Å²) in [5, 5.41) is 2.48. The summed E-state index contributed by atoms with van der Waals surface area (Å²) < 4.78 is 40.4. The maximum atomic E-state index is 13.1. The number of rotatable bonds is 16. The van der Waals surface area contributed by atoms with Gasteiger partial charge in [0.1, 0.15) is 29.4 Å². The van der Waals surface area contributed by atoms with Gasteiger partial charge in [0.25, 0.3) is 8.53 Å². The first-order valence-electron chi connectivity index (χ1n) is 17.7. The molecule has 0 aromatic heterocycles. The van der Waals surface area contributed by atoms with Gasteiger partial charge in [0.2, 0.25) is 5.91 Å². The summed E-state index contributed by atoms with van der Waals surface area (Å²) in [5.41, 5.74) is 1.60. The molecule has 2 aliphatic rings. The van der Waals surface area contributed by atoms with E-state index < -0.39 is 38.6 Å². The Hall–Kier alpha value is -3.57. The van der Waals surface area contributed by atoms with Gasteiger partial charge in [-0.15, -0.1) is 0 Å². The third kappa shape index (κ3) is 8.57. The van der Waals surface area contributed by atoms with Gasteiger partial charge in [-0.3, -0.25) is 15.0 Å². The van der Waals surface area contributed by atoms with Crippen molar-refractivity contribution in [1.29, 1.82) is 0 Å². The highest BCUT2D eigenvalue weighted by Crippen LogP contribution is 2.50. The van der Waals surface area contributed by atoms with Crippen molar-refractivity contribution in [3.8, 4) is 11.5 Å². The molecule has 0 aliphatic carbocycles. The van der Waals surface area contributed by atoms with Crippen LogP contribution in [0.1, 0.15) is 64.7 Å². The number of ether oxygens (including phenoxy) is 4. The summed E-state index contributed by atoms with van der Waals surface area (Å²) in [4.78, 5) is 27.1. The SMILES string of the molecule is CCOP(O[C@H]1C[C@H](N2CC(C)C(=O)NC2=O)O[C@@H]1COC(c1ccccc1)(c1ccc(OC)cc1)c1ccc(OC)cc1)N(C(C)C)C(C)C. The predicted octanol–water partition coefficient (Wildman–Crippen LogP) is 7.08. The Morgan fingerprint density at radius 2 is 1.43 bits per heavy atom. The van der Waals surface area contributed by atoms with Crippen LogP contribution in [-0.2, 0) is 28.9 Å². The van der Waals surface area contributed by atoms with Crippen molar-refractivity contribution in [2.75, 3.05) is 34.0 Å². The molecule has 2 unspecified atom stereocenters. The van der Waals surface area contributed by atoms with Crippen LogP contribution in [0.5, 0.6) is 11.5 Å². The van der Waals surface area contributed by atoms with Crippen molar-refractivity contribution in [3.05, 3.63) is 95.6 Å². The molecule has 0 bridgehead atoms. The summed E-state index contributed by atoms with van der Waals surface area (Å²) in [5.74, 6) is 0.776. The van der Waals surface area contributed by atoms with Crippen molar-refractivity contribution in [1.82, 2.24) is 14.9 Å². The zero-order valence-corrected chi connectivity index (χ0v) is 31.8.